The van der Waals surface area contributed by atoms with Crippen molar-refractivity contribution in [2.45, 2.75) is 0 Å². The molecule has 0 aliphatic heterocycles. The minimum atomic E-state index is -2.82. The Labute approximate surface area is 162 Å². The first kappa shape index (κ1) is 18.1. The van der Waals surface area contributed by atoms with E-state index in [4.69, 9.17) is 44.3 Å². The average molecular weight is 428 g/mol. The van der Waals surface area contributed by atoms with E-state index in [1.54, 1.807) is 0 Å². The number of hydrogen-bond acceptors (Lipinski definition) is 0. The van der Waals surface area contributed by atoms with Gasteiger partial charge in [-0.1, -0.05) is 84.9 Å². The molecule has 0 saturated carbocycles. The van der Waals surface area contributed by atoms with Gasteiger partial charge in [0.1, 0.15) is 0 Å². The van der Waals surface area contributed by atoms with E-state index in [9.17, 15) is 0 Å². The first-order chi connectivity index (χ1) is 11.4. The lowest BCUT2D eigenvalue weighted by Gasteiger charge is -2.22. The zero-order chi connectivity index (χ0) is 17.2. The summed E-state index contributed by atoms with van der Waals surface area (Å²) in [5.74, 6) is 0. The van der Waals surface area contributed by atoms with Crippen molar-refractivity contribution < 1.29 is 0 Å². The molecule has 3 rings (SSSR count). The largest absolute Gasteiger partial charge is 0.310 e. The zero-order valence-electron chi connectivity index (χ0n) is 12.6. The fourth-order valence-electron chi connectivity index (χ4n) is 2.54. The van der Waals surface area contributed by atoms with Crippen molar-refractivity contribution in [2.24, 2.45) is 0 Å². The molecule has 0 aliphatic carbocycles. The summed E-state index contributed by atoms with van der Waals surface area (Å²) in [6.45, 7) is -5.63. The Morgan fingerprint density at radius 3 is 1.12 bits per heavy atom. The maximum Gasteiger partial charge on any atom is 0.310 e. The van der Waals surface area contributed by atoms with Gasteiger partial charge in [-0.2, -0.15) is 0 Å². The van der Waals surface area contributed by atoms with Crippen LogP contribution in [0.25, 0.3) is 0 Å². The molecule has 0 heterocycles. The quantitative estimate of drug-likeness (QED) is 0.439. The molecule has 24 heavy (non-hydrogen) atoms. The highest BCUT2D eigenvalue weighted by atomic mass is 35.7. The van der Waals surface area contributed by atoms with Gasteiger partial charge in [-0.25, -0.2) is 0 Å². The van der Waals surface area contributed by atoms with Crippen molar-refractivity contribution in [3.8, 4) is 0 Å². The van der Waals surface area contributed by atoms with Crippen molar-refractivity contribution in [3.63, 3.8) is 0 Å². The van der Waals surface area contributed by atoms with Crippen molar-refractivity contribution in [1.29, 1.82) is 0 Å². The molecule has 0 bridgehead atoms. The Balaban J connectivity index is 2.04. The van der Waals surface area contributed by atoms with E-state index in [2.05, 4.69) is 0 Å². The average Bonchev–Trinajstić information content (AvgIpc) is 2.63. The maximum atomic E-state index is 6.79. The lowest BCUT2D eigenvalue weighted by Crippen LogP contribution is -2.53. The molecular formula is C18H14Cl4Si2. The summed E-state index contributed by atoms with van der Waals surface area (Å²) in [7, 11) is 0. The Kier molecular flexibility index (Phi) is 5.45. The van der Waals surface area contributed by atoms with Gasteiger partial charge in [0.05, 0.1) is 0 Å². The van der Waals surface area contributed by atoms with Crippen LogP contribution in [0.3, 0.4) is 0 Å². The molecule has 3 aromatic rings. The predicted molar refractivity (Wildman–Crippen MR) is 113 cm³/mol. The molecular weight excluding hydrogens is 414 g/mol. The van der Waals surface area contributed by atoms with Crippen LogP contribution in [-0.4, -0.2) is 13.4 Å². The monoisotopic (exact) mass is 426 g/mol. The fraction of sp³-hybridized carbons (Fsp3) is 0. The van der Waals surface area contributed by atoms with Crippen LogP contribution in [0.15, 0.2) is 84.9 Å². The van der Waals surface area contributed by atoms with Crippen LogP contribution in [-0.2, 0) is 0 Å². The van der Waals surface area contributed by atoms with Gasteiger partial charge in [0.2, 0.25) is 0 Å². The summed E-state index contributed by atoms with van der Waals surface area (Å²) in [6.07, 6.45) is 0. The Bertz CT molecular complexity index is 754. The van der Waals surface area contributed by atoms with E-state index in [-0.39, 0.29) is 0 Å². The molecule has 122 valence electrons. The van der Waals surface area contributed by atoms with Crippen LogP contribution in [0, 0.1) is 0 Å². The summed E-state index contributed by atoms with van der Waals surface area (Å²) < 4.78 is 0. The summed E-state index contributed by atoms with van der Waals surface area (Å²) in [6, 6.07) is 27.3. The van der Waals surface area contributed by atoms with Crippen molar-refractivity contribution in [3.05, 3.63) is 84.9 Å². The first-order valence-corrected chi connectivity index (χ1v) is 15.4. The minimum absolute atomic E-state index is 0.892. The lowest BCUT2D eigenvalue weighted by molar-refractivity contribution is 1.74. The number of rotatable bonds is 4. The smallest absolute Gasteiger partial charge is 0.134 e. The molecule has 6 heteroatoms. The van der Waals surface area contributed by atoms with E-state index in [1.807, 2.05) is 84.9 Å². The molecule has 0 N–H and O–H groups in total. The van der Waals surface area contributed by atoms with Gasteiger partial charge in [-0.3, -0.25) is 0 Å². The van der Waals surface area contributed by atoms with Crippen LogP contribution in [0.4, 0.5) is 0 Å². The topological polar surface area (TPSA) is 0 Å². The van der Waals surface area contributed by atoms with Crippen molar-refractivity contribution >= 4 is 78.4 Å². The van der Waals surface area contributed by atoms with Gasteiger partial charge < -0.3 is 0 Å². The predicted octanol–water partition coefficient (Wildman–Crippen LogP) is 3.75. The Hall–Kier alpha value is -0.746. The second-order valence-corrected chi connectivity index (χ2v) is 18.0. The van der Waals surface area contributed by atoms with Gasteiger partial charge >= 0.3 is 13.4 Å². The molecule has 0 spiro atoms. The van der Waals surface area contributed by atoms with Gasteiger partial charge in [-0.15, -0.1) is 44.3 Å². The fourth-order valence-corrected chi connectivity index (χ4v) is 8.78. The van der Waals surface area contributed by atoms with Gasteiger partial charge in [0, 0.05) is 0 Å². The molecule has 0 fully saturated rings. The maximum absolute atomic E-state index is 6.79. The SMILES string of the molecule is Cl[Si](Cl)(c1ccccc1)c1cccc([Si](Cl)(Cl)c2ccccc2)c1. The highest BCUT2D eigenvalue weighted by molar-refractivity contribution is 7.57. The van der Waals surface area contributed by atoms with E-state index in [1.165, 1.54) is 0 Å². The molecule has 0 amide bonds. The number of hydrogen-bond donors (Lipinski definition) is 0. The third-order valence-electron chi connectivity index (χ3n) is 3.86. The highest BCUT2D eigenvalue weighted by Gasteiger charge is 2.37. The van der Waals surface area contributed by atoms with Crippen LogP contribution in [0.2, 0.25) is 0 Å². The molecule has 0 radical (unpaired) electrons. The van der Waals surface area contributed by atoms with Crippen LogP contribution in [0.5, 0.6) is 0 Å². The van der Waals surface area contributed by atoms with Gasteiger partial charge in [0.15, 0.2) is 0 Å². The molecule has 0 aliphatic rings. The summed E-state index contributed by atoms with van der Waals surface area (Å²) in [5, 5.41) is 3.68. The molecule has 0 unspecified atom stereocenters. The third kappa shape index (κ3) is 3.59. The first-order valence-electron chi connectivity index (χ1n) is 7.40. The van der Waals surface area contributed by atoms with Crippen molar-refractivity contribution in [2.75, 3.05) is 0 Å². The summed E-state index contributed by atoms with van der Waals surface area (Å²) in [5.41, 5.74) is 0. The normalized spacial score (nSPS) is 12.2. The highest BCUT2D eigenvalue weighted by Crippen LogP contribution is 2.18. The molecule has 0 atom stereocenters. The van der Waals surface area contributed by atoms with Crippen LogP contribution >= 0.6 is 44.3 Å². The standard InChI is InChI=1S/C18H14Cl4Si2/c19-23(20,15-8-3-1-4-9-15)17-12-7-13-18(14-17)24(21,22)16-10-5-2-6-11-16/h1-14H. The molecule has 0 saturated heterocycles. The Morgan fingerprint density at radius 1 is 0.417 bits per heavy atom. The lowest BCUT2D eigenvalue weighted by atomic mass is 10.3. The van der Waals surface area contributed by atoms with E-state index in [0.717, 1.165) is 20.7 Å². The number of halogens is 4. The van der Waals surface area contributed by atoms with Crippen LogP contribution < -0.4 is 20.7 Å². The second kappa shape index (κ2) is 7.24. The van der Waals surface area contributed by atoms with Crippen LogP contribution in [0.1, 0.15) is 0 Å². The van der Waals surface area contributed by atoms with E-state index in [0.29, 0.717) is 0 Å². The summed E-state index contributed by atoms with van der Waals surface area (Å²) >= 11 is 27.2. The van der Waals surface area contributed by atoms with Gasteiger partial charge in [0.25, 0.3) is 0 Å². The molecule has 0 aromatic heterocycles. The summed E-state index contributed by atoms with van der Waals surface area (Å²) in [4.78, 5) is 0. The second-order valence-electron chi connectivity index (χ2n) is 5.46. The van der Waals surface area contributed by atoms with Crippen molar-refractivity contribution in [1.82, 2.24) is 0 Å². The molecule has 3 aromatic carbocycles. The zero-order valence-corrected chi connectivity index (χ0v) is 17.6. The Morgan fingerprint density at radius 2 is 0.750 bits per heavy atom. The van der Waals surface area contributed by atoms with E-state index >= 15 is 0 Å². The molecule has 0 nitrogen and oxygen atoms in total. The number of benzene rings is 3. The van der Waals surface area contributed by atoms with E-state index < -0.39 is 13.4 Å². The third-order valence-corrected chi connectivity index (χ3v) is 13.3. The van der Waals surface area contributed by atoms with Gasteiger partial charge in [-0.05, 0) is 20.7 Å². The minimum Gasteiger partial charge on any atom is -0.134 e.